The minimum absolute atomic E-state index is 0.0155. The maximum absolute atomic E-state index is 12.0. The summed E-state index contributed by atoms with van der Waals surface area (Å²) in [7, 11) is 0. The Morgan fingerprint density at radius 1 is 1.71 bits per heavy atom. The van der Waals surface area contributed by atoms with Gasteiger partial charge >= 0.3 is 0 Å². The van der Waals surface area contributed by atoms with Gasteiger partial charge in [0.2, 0.25) is 5.91 Å². The van der Waals surface area contributed by atoms with E-state index in [-0.39, 0.29) is 11.8 Å². The molecule has 1 aromatic rings. The lowest BCUT2D eigenvalue weighted by atomic mass is 9.88. The van der Waals surface area contributed by atoms with Crippen molar-refractivity contribution in [1.29, 1.82) is 0 Å². The number of pyridine rings is 1. The van der Waals surface area contributed by atoms with E-state index in [1.165, 1.54) is 0 Å². The monoisotopic (exact) mass is 317 g/mol. The molecule has 1 aliphatic rings. The van der Waals surface area contributed by atoms with Crippen LogP contribution in [0.3, 0.4) is 0 Å². The SMILES string of the molecule is CC(C(=O)Nc1cc(Br)cnc1Cl)C1CNC1. The molecule has 2 rings (SSSR count). The van der Waals surface area contributed by atoms with Crippen LogP contribution in [-0.4, -0.2) is 24.0 Å². The summed E-state index contributed by atoms with van der Waals surface area (Å²) in [5.74, 6) is 0.374. The zero-order chi connectivity index (χ0) is 12.4. The van der Waals surface area contributed by atoms with Gasteiger partial charge in [-0.05, 0) is 41.0 Å². The van der Waals surface area contributed by atoms with Gasteiger partial charge in [0.15, 0.2) is 5.15 Å². The molecular weight excluding hydrogens is 305 g/mol. The van der Waals surface area contributed by atoms with Crippen molar-refractivity contribution in [3.8, 4) is 0 Å². The normalized spacial score (nSPS) is 17.4. The number of rotatable bonds is 3. The molecule has 0 saturated carbocycles. The number of amides is 1. The van der Waals surface area contributed by atoms with E-state index in [0.717, 1.165) is 17.6 Å². The van der Waals surface area contributed by atoms with Crippen LogP contribution in [0, 0.1) is 11.8 Å². The molecule has 17 heavy (non-hydrogen) atoms. The minimum Gasteiger partial charge on any atom is -0.323 e. The standard InChI is InChI=1S/C11H13BrClN3O/c1-6(7-3-14-4-7)11(17)16-9-2-8(12)5-15-10(9)13/h2,5-7,14H,3-4H2,1H3,(H,16,17). The van der Waals surface area contributed by atoms with Gasteiger partial charge in [0.25, 0.3) is 0 Å². The van der Waals surface area contributed by atoms with E-state index >= 15 is 0 Å². The molecule has 1 atom stereocenters. The van der Waals surface area contributed by atoms with Gasteiger partial charge in [0.05, 0.1) is 5.69 Å². The van der Waals surface area contributed by atoms with Crippen LogP contribution in [0.1, 0.15) is 6.92 Å². The van der Waals surface area contributed by atoms with Crippen LogP contribution in [0.5, 0.6) is 0 Å². The number of halogens is 2. The van der Waals surface area contributed by atoms with Gasteiger partial charge in [-0.3, -0.25) is 4.79 Å². The lowest BCUT2D eigenvalue weighted by molar-refractivity contribution is -0.121. The van der Waals surface area contributed by atoms with Gasteiger partial charge in [0, 0.05) is 16.6 Å². The third kappa shape index (κ3) is 2.97. The molecule has 6 heteroatoms. The Morgan fingerprint density at radius 2 is 2.41 bits per heavy atom. The zero-order valence-electron chi connectivity index (χ0n) is 9.34. The predicted octanol–water partition coefficient (Wildman–Crippen LogP) is 2.29. The Kier molecular flexibility index (Phi) is 4.01. The number of hydrogen-bond donors (Lipinski definition) is 2. The van der Waals surface area contributed by atoms with Crippen LogP contribution < -0.4 is 10.6 Å². The first-order valence-corrected chi connectivity index (χ1v) is 6.57. The smallest absolute Gasteiger partial charge is 0.227 e. The fraction of sp³-hybridized carbons (Fsp3) is 0.455. The average Bonchev–Trinajstić information content (AvgIpc) is 2.21. The van der Waals surface area contributed by atoms with Crippen molar-refractivity contribution in [2.75, 3.05) is 18.4 Å². The number of carbonyl (C=O) groups is 1. The van der Waals surface area contributed by atoms with Gasteiger partial charge in [0.1, 0.15) is 0 Å². The number of nitrogens with zero attached hydrogens (tertiary/aromatic N) is 1. The van der Waals surface area contributed by atoms with Crippen molar-refractivity contribution in [2.45, 2.75) is 6.92 Å². The van der Waals surface area contributed by atoms with E-state index in [0.29, 0.717) is 16.8 Å². The molecule has 2 heterocycles. The van der Waals surface area contributed by atoms with E-state index in [1.807, 2.05) is 6.92 Å². The Morgan fingerprint density at radius 3 is 3.00 bits per heavy atom. The highest BCUT2D eigenvalue weighted by molar-refractivity contribution is 9.10. The number of carbonyl (C=O) groups excluding carboxylic acids is 1. The molecule has 1 unspecified atom stereocenters. The zero-order valence-corrected chi connectivity index (χ0v) is 11.7. The van der Waals surface area contributed by atoms with Gasteiger partial charge in [-0.25, -0.2) is 4.98 Å². The molecule has 2 N–H and O–H groups in total. The van der Waals surface area contributed by atoms with E-state index in [9.17, 15) is 4.79 Å². The molecule has 1 saturated heterocycles. The predicted molar refractivity (Wildman–Crippen MR) is 71.1 cm³/mol. The van der Waals surface area contributed by atoms with Gasteiger partial charge in [-0.15, -0.1) is 0 Å². The topological polar surface area (TPSA) is 54.0 Å². The van der Waals surface area contributed by atoms with Crippen molar-refractivity contribution >= 4 is 39.1 Å². The Labute approximate surface area is 113 Å². The van der Waals surface area contributed by atoms with E-state index in [1.54, 1.807) is 12.3 Å². The second-order valence-electron chi connectivity index (χ2n) is 4.19. The molecule has 0 aliphatic carbocycles. The Balaban J connectivity index is 2.04. The highest BCUT2D eigenvalue weighted by Crippen LogP contribution is 2.25. The summed E-state index contributed by atoms with van der Waals surface area (Å²) in [5, 5.41) is 6.27. The molecule has 0 bridgehead atoms. The molecule has 1 fully saturated rings. The molecule has 0 aromatic carbocycles. The van der Waals surface area contributed by atoms with E-state index < -0.39 is 0 Å². The molecular formula is C11H13BrClN3O. The molecule has 1 aliphatic heterocycles. The fourth-order valence-corrected chi connectivity index (χ4v) is 2.12. The quantitative estimate of drug-likeness (QED) is 0.841. The number of anilines is 1. The Bertz CT molecular complexity index is 437. The summed E-state index contributed by atoms with van der Waals surface area (Å²) < 4.78 is 0.787. The summed E-state index contributed by atoms with van der Waals surface area (Å²) in [4.78, 5) is 15.9. The third-order valence-electron chi connectivity index (χ3n) is 3.00. The van der Waals surface area contributed by atoms with E-state index in [2.05, 4.69) is 31.5 Å². The summed E-state index contributed by atoms with van der Waals surface area (Å²) in [5.41, 5.74) is 0.546. The van der Waals surface area contributed by atoms with Crippen LogP contribution in [0.25, 0.3) is 0 Å². The number of hydrogen-bond acceptors (Lipinski definition) is 3. The molecule has 92 valence electrons. The average molecular weight is 319 g/mol. The van der Waals surface area contributed by atoms with Crippen molar-refractivity contribution in [2.24, 2.45) is 11.8 Å². The first kappa shape index (κ1) is 12.8. The highest BCUT2D eigenvalue weighted by Gasteiger charge is 2.28. The van der Waals surface area contributed by atoms with Crippen LogP contribution in [0.2, 0.25) is 5.15 Å². The first-order chi connectivity index (χ1) is 8.08. The highest BCUT2D eigenvalue weighted by atomic mass is 79.9. The fourth-order valence-electron chi connectivity index (χ4n) is 1.64. The maximum Gasteiger partial charge on any atom is 0.227 e. The second-order valence-corrected chi connectivity index (χ2v) is 5.46. The number of aromatic nitrogens is 1. The lowest BCUT2D eigenvalue weighted by Crippen LogP contribution is -2.48. The van der Waals surface area contributed by atoms with Crippen molar-refractivity contribution < 1.29 is 4.79 Å². The van der Waals surface area contributed by atoms with Crippen LogP contribution in [-0.2, 0) is 4.79 Å². The molecule has 0 spiro atoms. The molecule has 0 radical (unpaired) electrons. The second kappa shape index (κ2) is 5.33. The summed E-state index contributed by atoms with van der Waals surface area (Å²) in [6.07, 6.45) is 1.59. The van der Waals surface area contributed by atoms with Crippen LogP contribution >= 0.6 is 27.5 Å². The first-order valence-electron chi connectivity index (χ1n) is 5.40. The third-order valence-corrected chi connectivity index (χ3v) is 3.73. The molecule has 1 amide bonds. The van der Waals surface area contributed by atoms with Crippen LogP contribution in [0.4, 0.5) is 5.69 Å². The minimum atomic E-state index is -0.0219. The number of nitrogens with one attached hydrogen (secondary N) is 2. The van der Waals surface area contributed by atoms with Crippen molar-refractivity contribution in [3.63, 3.8) is 0 Å². The van der Waals surface area contributed by atoms with E-state index in [4.69, 9.17) is 11.6 Å². The molecule has 1 aromatic heterocycles. The van der Waals surface area contributed by atoms with Crippen molar-refractivity contribution in [1.82, 2.24) is 10.3 Å². The maximum atomic E-state index is 12.0. The summed E-state index contributed by atoms with van der Waals surface area (Å²) in [6, 6.07) is 1.75. The van der Waals surface area contributed by atoms with Crippen LogP contribution in [0.15, 0.2) is 16.7 Å². The van der Waals surface area contributed by atoms with Crippen molar-refractivity contribution in [3.05, 3.63) is 21.9 Å². The Hall–Kier alpha value is -0.650. The largest absolute Gasteiger partial charge is 0.323 e. The van der Waals surface area contributed by atoms with Gasteiger partial charge < -0.3 is 10.6 Å². The van der Waals surface area contributed by atoms with Gasteiger partial charge in [-0.1, -0.05) is 18.5 Å². The van der Waals surface area contributed by atoms with Gasteiger partial charge in [-0.2, -0.15) is 0 Å². The molecule has 4 nitrogen and oxygen atoms in total. The summed E-state index contributed by atoms with van der Waals surface area (Å²) in [6.45, 7) is 3.73. The lowest BCUT2D eigenvalue weighted by Gasteiger charge is -2.31. The summed E-state index contributed by atoms with van der Waals surface area (Å²) >= 11 is 9.21.